The second-order valence-electron chi connectivity index (χ2n) is 6.99. The van der Waals surface area contributed by atoms with Crippen molar-refractivity contribution in [3.05, 3.63) is 72.1 Å². The number of methoxy groups -OCH3 is 3. The van der Waals surface area contributed by atoms with Crippen LogP contribution < -0.4 is 19.5 Å². The predicted octanol–water partition coefficient (Wildman–Crippen LogP) is 4.32. The second-order valence-corrected chi connectivity index (χ2v) is 7.38. The number of nitrogens with zero attached hydrogens (tertiary/aromatic N) is 2. The van der Waals surface area contributed by atoms with E-state index in [9.17, 15) is 0 Å². The highest BCUT2D eigenvalue weighted by Crippen LogP contribution is 2.39. The van der Waals surface area contributed by atoms with E-state index in [2.05, 4.69) is 33.1 Å². The van der Waals surface area contributed by atoms with Gasteiger partial charge in [0.25, 0.3) is 0 Å². The molecule has 1 aliphatic heterocycles. The van der Waals surface area contributed by atoms with Gasteiger partial charge in [-0.1, -0.05) is 0 Å². The van der Waals surface area contributed by atoms with Crippen LogP contribution in [0.2, 0.25) is 0 Å². The molecule has 1 aliphatic rings. The number of benzene rings is 2. The summed E-state index contributed by atoms with van der Waals surface area (Å²) in [6, 6.07) is 17.7. The molecule has 0 unspecified atom stereocenters. The van der Waals surface area contributed by atoms with E-state index in [-0.39, 0.29) is 6.04 Å². The molecule has 0 radical (unpaired) electrons. The molecule has 0 bridgehead atoms. The fourth-order valence-electron chi connectivity index (χ4n) is 3.85. The Morgan fingerprint density at radius 2 is 1.67 bits per heavy atom. The predicted molar refractivity (Wildman–Crippen MR) is 122 cm³/mol. The Kier molecular flexibility index (Phi) is 5.81. The van der Waals surface area contributed by atoms with Gasteiger partial charge >= 0.3 is 0 Å². The first kappa shape index (κ1) is 20.1. The smallest absolute Gasteiger partial charge is 0.174 e. The summed E-state index contributed by atoms with van der Waals surface area (Å²) in [7, 11) is 5.01. The summed E-state index contributed by atoms with van der Waals surface area (Å²) < 4.78 is 18.7. The standard InChI is InChI=1S/C23H25N3O3S/c1-27-17-8-6-16(7-9-17)24-23(30)26-14-13-25-12-4-5-20(25)22(26)19-15-18(28-2)10-11-21(19)29-3/h4-12,15,22H,13-14H2,1-3H3,(H,24,30)/t22-/m1/s1. The fraction of sp³-hybridized carbons (Fsp3) is 0.261. The number of hydrogen-bond donors (Lipinski definition) is 1. The van der Waals surface area contributed by atoms with E-state index in [1.165, 1.54) is 0 Å². The molecule has 1 N–H and O–H groups in total. The highest BCUT2D eigenvalue weighted by atomic mass is 32.1. The Morgan fingerprint density at radius 3 is 2.37 bits per heavy atom. The van der Waals surface area contributed by atoms with E-state index in [1.807, 2.05) is 42.5 Å². The molecule has 4 rings (SSSR count). The second kappa shape index (κ2) is 8.67. The lowest BCUT2D eigenvalue weighted by Gasteiger charge is -2.39. The van der Waals surface area contributed by atoms with Gasteiger partial charge in [0.1, 0.15) is 23.3 Å². The monoisotopic (exact) mass is 423 g/mol. The summed E-state index contributed by atoms with van der Waals surface area (Å²) in [4.78, 5) is 2.20. The third-order valence-electron chi connectivity index (χ3n) is 5.37. The first-order valence-corrected chi connectivity index (χ1v) is 10.1. The number of ether oxygens (including phenoxy) is 3. The molecule has 1 aromatic heterocycles. The van der Waals surface area contributed by atoms with Gasteiger partial charge in [0, 0.05) is 36.2 Å². The van der Waals surface area contributed by atoms with Crippen LogP contribution >= 0.6 is 12.2 Å². The Morgan fingerprint density at radius 1 is 0.933 bits per heavy atom. The molecule has 1 atom stereocenters. The van der Waals surface area contributed by atoms with Crippen LogP contribution in [-0.2, 0) is 6.54 Å². The molecule has 0 saturated carbocycles. The van der Waals surface area contributed by atoms with Crippen molar-refractivity contribution >= 4 is 23.0 Å². The number of aromatic nitrogens is 1. The molecule has 0 saturated heterocycles. The zero-order chi connectivity index (χ0) is 21.1. The highest BCUT2D eigenvalue weighted by Gasteiger charge is 2.33. The number of anilines is 1. The molecule has 6 nitrogen and oxygen atoms in total. The van der Waals surface area contributed by atoms with Crippen molar-refractivity contribution in [2.45, 2.75) is 12.6 Å². The van der Waals surface area contributed by atoms with Crippen LogP contribution in [0.25, 0.3) is 0 Å². The number of rotatable bonds is 5. The molecule has 30 heavy (non-hydrogen) atoms. The van der Waals surface area contributed by atoms with E-state index in [1.54, 1.807) is 21.3 Å². The molecule has 0 amide bonds. The lowest BCUT2D eigenvalue weighted by atomic mass is 9.99. The molecule has 0 aliphatic carbocycles. The number of hydrogen-bond acceptors (Lipinski definition) is 4. The topological polar surface area (TPSA) is 47.9 Å². The lowest BCUT2D eigenvalue weighted by molar-refractivity contribution is 0.284. The molecule has 156 valence electrons. The Labute approximate surface area is 182 Å². The maximum atomic E-state index is 5.84. The average Bonchev–Trinajstić information content (AvgIpc) is 3.27. The van der Waals surface area contributed by atoms with Gasteiger partial charge < -0.3 is 29.0 Å². The van der Waals surface area contributed by atoms with Crippen molar-refractivity contribution < 1.29 is 14.2 Å². The Balaban J connectivity index is 1.71. The third-order valence-corrected chi connectivity index (χ3v) is 5.71. The molecular weight excluding hydrogens is 398 g/mol. The molecule has 2 heterocycles. The summed E-state index contributed by atoms with van der Waals surface area (Å²) in [5.41, 5.74) is 3.08. The van der Waals surface area contributed by atoms with Gasteiger partial charge in [-0.2, -0.15) is 0 Å². The van der Waals surface area contributed by atoms with E-state index < -0.39 is 0 Å². The SMILES string of the molecule is COc1ccc(NC(=S)N2CCn3cccc3[C@H]2c2cc(OC)ccc2OC)cc1. The van der Waals surface area contributed by atoms with Gasteiger partial charge in [-0.25, -0.2) is 0 Å². The summed E-state index contributed by atoms with van der Waals surface area (Å²) in [6.45, 7) is 1.63. The molecule has 0 fully saturated rings. The van der Waals surface area contributed by atoms with Crippen molar-refractivity contribution in [3.63, 3.8) is 0 Å². The normalized spacial score (nSPS) is 15.3. The minimum absolute atomic E-state index is 0.1000. The zero-order valence-corrected chi connectivity index (χ0v) is 18.1. The van der Waals surface area contributed by atoms with Crippen molar-refractivity contribution in [1.82, 2.24) is 9.47 Å². The number of fused-ring (bicyclic) bond motifs is 1. The van der Waals surface area contributed by atoms with Crippen molar-refractivity contribution in [2.75, 3.05) is 33.2 Å². The van der Waals surface area contributed by atoms with Crippen LogP contribution in [-0.4, -0.2) is 42.5 Å². The zero-order valence-electron chi connectivity index (χ0n) is 17.3. The van der Waals surface area contributed by atoms with Crippen molar-refractivity contribution in [1.29, 1.82) is 0 Å². The summed E-state index contributed by atoms with van der Waals surface area (Å²) in [6.07, 6.45) is 2.10. The van der Waals surface area contributed by atoms with E-state index in [0.29, 0.717) is 5.11 Å². The van der Waals surface area contributed by atoms with E-state index in [0.717, 1.165) is 47.3 Å². The van der Waals surface area contributed by atoms with Gasteiger partial charge in [0.2, 0.25) is 0 Å². The quantitative estimate of drug-likeness (QED) is 0.617. The highest BCUT2D eigenvalue weighted by molar-refractivity contribution is 7.80. The fourth-order valence-corrected chi connectivity index (χ4v) is 4.17. The minimum Gasteiger partial charge on any atom is -0.497 e. The Hall–Kier alpha value is -3.19. The number of nitrogens with one attached hydrogen (secondary N) is 1. The van der Waals surface area contributed by atoms with Crippen LogP contribution in [0.3, 0.4) is 0 Å². The maximum absolute atomic E-state index is 5.84. The third kappa shape index (κ3) is 3.80. The van der Waals surface area contributed by atoms with Gasteiger partial charge in [0.15, 0.2) is 5.11 Å². The van der Waals surface area contributed by atoms with E-state index >= 15 is 0 Å². The first-order chi connectivity index (χ1) is 14.6. The van der Waals surface area contributed by atoms with Crippen LogP contribution in [0.15, 0.2) is 60.8 Å². The molecule has 0 spiro atoms. The van der Waals surface area contributed by atoms with Crippen LogP contribution in [0.5, 0.6) is 17.2 Å². The minimum atomic E-state index is -0.1000. The molecule has 7 heteroatoms. The summed E-state index contributed by atoms with van der Waals surface area (Å²) in [5, 5.41) is 4.03. The molecule has 2 aromatic carbocycles. The van der Waals surface area contributed by atoms with Gasteiger partial charge in [0.05, 0.1) is 21.3 Å². The van der Waals surface area contributed by atoms with Crippen molar-refractivity contribution in [2.24, 2.45) is 0 Å². The van der Waals surface area contributed by atoms with Crippen LogP contribution in [0.4, 0.5) is 5.69 Å². The Bertz CT molecular complexity index is 1030. The largest absolute Gasteiger partial charge is 0.497 e. The lowest BCUT2D eigenvalue weighted by Crippen LogP contribution is -2.44. The van der Waals surface area contributed by atoms with E-state index in [4.69, 9.17) is 26.4 Å². The maximum Gasteiger partial charge on any atom is 0.174 e. The van der Waals surface area contributed by atoms with Gasteiger partial charge in [-0.05, 0) is 66.8 Å². The van der Waals surface area contributed by atoms with Crippen molar-refractivity contribution in [3.8, 4) is 17.2 Å². The van der Waals surface area contributed by atoms with Crippen LogP contribution in [0.1, 0.15) is 17.3 Å². The first-order valence-electron chi connectivity index (χ1n) is 9.73. The average molecular weight is 424 g/mol. The van der Waals surface area contributed by atoms with Crippen LogP contribution in [0, 0.1) is 0 Å². The van der Waals surface area contributed by atoms with Gasteiger partial charge in [-0.15, -0.1) is 0 Å². The summed E-state index contributed by atoms with van der Waals surface area (Å²) >= 11 is 5.84. The van der Waals surface area contributed by atoms with Gasteiger partial charge in [-0.3, -0.25) is 0 Å². The summed E-state index contributed by atoms with van der Waals surface area (Å²) in [5.74, 6) is 2.39. The molecule has 3 aromatic rings. The number of thiocarbonyl (C=S) groups is 1. The molecular formula is C23H25N3O3S.